The minimum Gasteiger partial charge on any atom is -0.396 e. The first-order valence-corrected chi connectivity index (χ1v) is 4.43. The zero-order chi connectivity index (χ0) is 8.81. The van der Waals surface area contributed by atoms with E-state index in [2.05, 4.69) is 4.98 Å². The number of aliphatic hydroxyl groups excluding tert-OH is 1. The van der Waals surface area contributed by atoms with Crippen molar-refractivity contribution in [3.63, 3.8) is 0 Å². The lowest BCUT2D eigenvalue weighted by Crippen LogP contribution is -1.78. The maximum atomic E-state index is 10.2. The average molecular weight is 183 g/mol. The third-order valence-electron chi connectivity index (χ3n) is 1.22. The molecule has 1 aromatic heterocycles. The van der Waals surface area contributed by atoms with Crippen molar-refractivity contribution < 1.29 is 9.90 Å². The Labute approximate surface area is 74.4 Å². The van der Waals surface area contributed by atoms with Crippen LogP contribution in [0.3, 0.4) is 0 Å². The van der Waals surface area contributed by atoms with E-state index in [1.54, 1.807) is 11.5 Å². The number of carbonyl (C=O) groups is 1. The molecular formula is C8H9NO2S. The highest BCUT2D eigenvalue weighted by Crippen LogP contribution is 2.08. The van der Waals surface area contributed by atoms with E-state index in [0.29, 0.717) is 11.4 Å². The summed E-state index contributed by atoms with van der Waals surface area (Å²) in [5.41, 5.74) is 0.774. The highest BCUT2D eigenvalue weighted by atomic mass is 32.1. The van der Waals surface area contributed by atoms with E-state index in [9.17, 15) is 4.79 Å². The molecule has 1 rings (SSSR count). The number of aliphatic hydroxyl groups is 1. The van der Waals surface area contributed by atoms with Crippen molar-refractivity contribution in [3.8, 4) is 0 Å². The summed E-state index contributed by atoms with van der Waals surface area (Å²) in [7, 11) is 0. The third-order valence-corrected chi connectivity index (χ3v) is 2.01. The minimum absolute atomic E-state index is 0.140. The van der Waals surface area contributed by atoms with Gasteiger partial charge in [-0.2, -0.15) is 0 Å². The molecule has 0 amide bonds. The molecule has 0 aliphatic heterocycles. The van der Waals surface area contributed by atoms with E-state index >= 15 is 0 Å². The summed E-state index contributed by atoms with van der Waals surface area (Å²) in [6.07, 6.45) is 4.96. The van der Waals surface area contributed by atoms with Crippen molar-refractivity contribution >= 4 is 23.7 Å². The molecule has 1 aromatic rings. The topological polar surface area (TPSA) is 50.2 Å². The Balaban J connectivity index is 2.57. The van der Waals surface area contributed by atoms with Crippen LogP contribution in [0.5, 0.6) is 0 Å². The maximum Gasteiger partial charge on any atom is 0.178 e. The van der Waals surface area contributed by atoms with Gasteiger partial charge in [0.25, 0.3) is 0 Å². The molecule has 0 aliphatic carbocycles. The van der Waals surface area contributed by atoms with Crippen LogP contribution in [0.1, 0.15) is 21.9 Å². The largest absolute Gasteiger partial charge is 0.396 e. The number of thiazole rings is 1. The lowest BCUT2D eigenvalue weighted by Gasteiger charge is -1.82. The summed E-state index contributed by atoms with van der Waals surface area (Å²) >= 11 is 1.31. The van der Waals surface area contributed by atoms with E-state index in [1.807, 2.05) is 6.08 Å². The van der Waals surface area contributed by atoms with Gasteiger partial charge < -0.3 is 5.11 Å². The number of hydrogen-bond acceptors (Lipinski definition) is 4. The Kier molecular flexibility index (Phi) is 3.63. The van der Waals surface area contributed by atoms with Gasteiger partial charge in [0.2, 0.25) is 0 Å². The molecule has 0 saturated carbocycles. The van der Waals surface area contributed by atoms with Gasteiger partial charge in [-0.15, -0.1) is 11.3 Å². The first-order valence-electron chi connectivity index (χ1n) is 3.55. The van der Waals surface area contributed by atoms with Crippen LogP contribution in [0.4, 0.5) is 0 Å². The van der Waals surface area contributed by atoms with E-state index in [1.165, 1.54) is 11.3 Å². The zero-order valence-electron chi connectivity index (χ0n) is 6.43. The Morgan fingerprint density at radius 3 is 3.08 bits per heavy atom. The van der Waals surface area contributed by atoms with Crippen molar-refractivity contribution in [2.24, 2.45) is 0 Å². The predicted octanol–water partition coefficient (Wildman–Crippen LogP) is 1.35. The zero-order valence-corrected chi connectivity index (χ0v) is 7.25. The fourth-order valence-electron chi connectivity index (χ4n) is 0.710. The van der Waals surface area contributed by atoms with E-state index in [0.717, 1.165) is 12.0 Å². The molecule has 0 saturated heterocycles. The van der Waals surface area contributed by atoms with Crippen molar-refractivity contribution in [1.82, 2.24) is 4.98 Å². The monoisotopic (exact) mass is 183 g/mol. The summed E-state index contributed by atoms with van der Waals surface area (Å²) in [5.74, 6) is 0. The number of nitrogens with zero attached hydrogens (tertiary/aromatic N) is 1. The van der Waals surface area contributed by atoms with Crippen LogP contribution in [-0.4, -0.2) is 23.0 Å². The highest BCUT2D eigenvalue weighted by molar-refractivity contribution is 7.11. The SMILES string of the molecule is O=Cc1nc(C=CCCO)cs1. The van der Waals surface area contributed by atoms with Gasteiger partial charge in [-0.05, 0) is 12.5 Å². The van der Waals surface area contributed by atoms with Crippen molar-refractivity contribution in [2.75, 3.05) is 6.61 Å². The van der Waals surface area contributed by atoms with E-state index < -0.39 is 0 Å². The maximum absolute atomic E-state index is 10.2. The fourth-order valence-corrected chi connectivity index (χ4v) is 1.30. The molecule has 0 aliphatic rings. The lowest BCUT2D eigenvalue weighted by molar-refractivity contribution is 0.112. The molecule has 0 bridgehead atoms. The molecule has 1 N–H and O–H groups in total. The molecule has 3 nitrogen and oxygen atoms in total. The second-order valence-electron chi connectivity index (χ2n) is 2.14. The Morgan fingerprint density at radius 1 is 1.67 bits per heavy atom. The first-order chi connectivity index (χ1) is 5.86. The second kappa shape index (κ2) is 4.79. The second-order valence-corrected chi connectivity index (χ2v) is 3.03. The molecule has 0 unspecified atom stereocenters. The van der Waals surface area contributed by atoms with Crippen LogP contribution in [0.15, 0.2) is 11.5 Å². The predicted molar refractivity (Wildman–Crippen MR) is 48.2 cm³/mol. The number of rotatable bonds is 4. The standard InChI is InChI=1S/C8H9NO2S/c10-4-2-1-3-7-6-12-8(5-11)9-7/h1,3,5-6,10H,2,4H2. The van der Waals surface area contributed by atoms with Crippen LogP contribution in [0, 0.1) is 0 Å². The van der Waals surface area contributed by atoms with Gasteiger partial charge >= 0.3 is 0 Å². The van der Waals surface area contributed by atoms with Gasteiger partial charge in [-0.3, -0.25) is 4.79 Å². The summed E-state index contributed by atoms with van der Waals surface area (Å²) in [5, 5.41) is 10.8. The summed E-state index contributed by atoms with van der Waals surface area (Å²) in [4.78, 5) is 14.2. The van der Waals surface area contributed by atoms with Gasteiger partial charge in [-0.25, -0.2) is 4.98 Å². The number of aromatic nitrogens is 1. The Hall–Kier alpha value is -1.00. The van der Waals surface area contributed by atoms with Gasteiger partial charge in [0, 0.05) is 12.0 Å². The summed E-state index contributed by atoms with van der Waals surface area (Å²) in [6, 6.07) is 0. The molecule has 0 aromatic carbocycles. The number of aldehydes is 1. The quantitative estimate of drug-likeness (QED) is 0.717. The van der Waals surface area contributed by atoms with E-state index in [-0.39, 0.29) is 6.61 Å². The summed E-state index contributed by atoms with van der Waals surface area (Å²) < 4.78 is 0. The third kappa shape index (κ3) is 2.56. The fraction of sp³-hybridized carbons (Fsp3) is 0.250. The lowest BCUT2D eigenvalue weighted by atomic mass is 10.3. The van der Waals surface area contributed by atoms with Gasteiger partial charge in [0.1, 0.15) is 0 Å². The summed E-state index contributed by atoms with van der Waals surface area (Å²) in [6.45, 7) is 0.140. The molecule has 1 heterocycles. The van der Waals surface area contributed by atoms with Gasteiger partial charge in [-0.1, -0.05) is 6.08 Å². The molecule has 12 heavy (non-hydrogen) atoms. The normalized spacial score (nSPS) is 10.8. The highest BCUT2D eigenvalue weighted by Gasteiger charge is 1.95. The molecular weight excluding hydrogens is 174 g/mol. The van der Waals surface area contributed by atoms with Gasteiger partial charge in [0.15, 0.2) is 11.3 Å². The minimum atomic E-state index is 0.140. The van der Waals surface area contributed by atoms with Crippen LogP contribution in [0.25, 0.3) is 6.08 Å². The molecule has 0 spiro atoms. The van der Waals surface area contributed by atoms with Crippen molar-refractivity contribution in [2.45, 2.75) is 6.42 Å². The Morgan fingerprint density at radius 2 is 2.50 bits per heavy atom. The smallest absolute Gasteiger partial charge is 0.178 e. The number of carbonyl (C=O) groups excluding carboxylic acids is 1. The molecule has 64 valence electrons. The first kappa shape index (κ1) is 9.09. The van der Waals surface area contributed by atoms with E-state index in [4.69, 9.17) is 5.11 Å². The molecule has 0 atom stereocenters. The van der Waals surface area contributed by atoms with Crippen molar-refractivity contribution in [3.05, 3.63) is 22.2 Å². The van der Waals surface area contributed by atoms with Crippen LogP contribution in [0.2, 0.25) is 0 Å². The number of hydrogen-bond donors (Lipinski definition) is 1. The van der Waals surface area contributed by atoms with Crippen LogP contribution < -0.4 is 0 Å². The Bertz CT molecular complexity index is 280. The van der Waals surface area contributed by atoms with Crippen LogP contribution >= 0.6 is 11.3 Å². The molecule has 4 heteroatoms. The molecule has 0 fully saturated rings. The van der Waals surface area contributed by atoms with Gasteiger partial charge in [0.05, 0.1) is 5.69 Å². The average Bonchev–Trinajstić information content (AvgIpc) is 2.53. The molecule has 0 radical (unpaired) electrons. The van der Waals surface area contributed by atoms with Crippen LogP contribution in [-0.2, 0) is 0 Å². The van der Waals surface area contributed by atoms with Crippen molar-refractivity contribution in [1.29, 1.82) is 0 Å².